The van der Waals surface area contributed by atoms with Crippen LogP contribution in [0, 0.1) is 0 Å². The molecule has 150 valence electrons. The molecule has 2 N–H and O–H groups in total. The van der Waals surface area contributed by atoms with Crippen molar-refractivity contribution < 1.29 is 14.3 Å². The molecular formula is C21H23N5O3. The van der Waals surface area contributed by atoms with Crippen molar-refractivity contribution in [3.8, 4) is 11.3 Å². The molecule has 8 nitrogen and oxygen atoms in total. The first-order chi connectivity index (χ1) is 13.9. The number of ether oxygens (including phenoxy) is 1. The van der Waals surface area contributed by atoms with Crippen LogP contribution in [0.5, 0.6) is 0 Å². The molecule has 0 aliphatic carbocycles. The molecular weight excluding hydrogens is 370 g/mol. The first-order valence-corrected chi connectivity index (χ1v) is 9.14. The lowest BCUT2D eigenvalue weighted by molar-refractivity contribution is -0.113. The van der Waals surface area contributed by atoms with Crippen molar-refractivity contribution in [1.82, 2.24) is 19.9 Å². The van der Waals surface area contributed by atoms with Gasteiger partial charge in [-0.2, -0.15) is 0 Å². The Bertz CT molecular complexity index is 1070. The highest BCUT2D eigenvalue weighted by molar-refractivity contribution is 6.08. The van der Waals surface area contributed by atoms with Crippen molar-refractivity contribution in [2.45, 2.75) is 6.92 Å². The number of nitrogens with zero attached hydrogens (tertiary/aromatic N) is 3. The molecule has 0 saturated heterocycles. The Kier molecular flexibility index (Phi) is 6.04. The lowest BCUT2D eigenvalue weighted by Gasteiger charge is -2.13. The van der Waals surface area contributed by atoms with Crippen LogP contribution in [0.15, 0.2) is 48.9 Å². The first kappa shape index (κ1) is 20.2. The van der Waals surface area contributed by atoms with Gasteiger partial charge >= 0.3 is 5.97 Å². The molecule has 0 bridgehead atoms. The van der Waals surface area contributed by atoms with Crippen molar-refractivity contribution in [2.24, 2.45) is 0 Å². The van der Waals surface area contributed by atoms with Gasteiger partial charge in [-0.15, -0.1) is 0 Å². The number of aromatic nitrogens is 3. The lowest BCUT2D eigenvalue weighted by Crippen LogP contribution is -2.23. The van der Waals surface area contributed by atoms with Crippen LogP contribution < -0.4 is 5.32 Å². The molecule has 0 radical (unpaired) electrons. The van der Waals surface area contributed by atoms with Crippen molar-refractivity contribution >= 4 is 28.6 Å². The Morgan fingerprint density at radius 3 is 2.79 bits per heavy atom. The number of anilines is 1. The molecule has 1 amide bonds. The number of nitrogens with one attached hydrogen (secondary N) is 2. The van der Waals surface area contributed by atoms with E-state index < -0.39 is 5.97 Å². The van der Waals surface area contributed by atoms with Gasteiger partial charge in [0.15, 0.2) is 0 Å². The third-order valence-electron chi connectivity index (χ3n) is 4.19. The highest BCUT2D eigenvalue weighted by Crippen LogP contribution is 2.30. The summed E-state index contributed by atoms with van der Waals surface area (Å²) in [5, 5.41) is 3.42. The van der Waals surface area contributed by atoms with Crippen LogP contribution in [0.4, 0.5) is 5.69 Å². The quantitative estimate of drug-likeness (QED) is 0.473. The van der Waals surface area contributed by atoms with Gasteiger partial charge in [0, 0.05) is 29.6 Å². The Morgan fingerprint density at radius 2 is 2.07 bits per heavy atom. The van der Waals surface area contributed by atoms with Gasteiger partial charge in [-0.05, 0) is 33.2 Å². The van der Waals surface area contributed by atoms with E-state index in [9.17, 15) is 9.59 Å². The van der Waals surface area contributed by atoms with Crippen molar-refractivity contribution in [1.29, 1.82) is 0 Å². The van der Waals surface area contributed by atoms with E-state index >= 15 is 0 Å². The number of benzene rings is 1. The maximum absolute atomic E-state index is 12.4. The van der Waals surface area contributed by atoms with Gasteiger partial charge in [-0.25, -0.2) is 14.8 Å². The molecule has 2 heterocycles. The Hall–Kier alpha value is -3.52. The van der Waals surface area contributed by atoms with Gasteiger partial charge in [0.25, 0.3) is 5.91 Å². The van der Waals surface area contributed by atoms with Crippen molar-refractivity contribution in [2.75, 3.05) is 32.6 Å². The molecule has 0 aliphatic heterocycles. The maximum Gasteiger partial charge on any atom is 0.340 e. The number of hydrogen-bond acceptors (Lipinski definition) is 6. The highest BCUT2D eigenvalue weighted by atomic mass is 16.5. The van der Waals surface area contributed by atoms with Gasteiger partial charge < -0.3 is 19.9 Å². The first-order valence-electron chi connectivity index (χ1n) is 9.14. The lowest BCUT2D eigenvalue weighted by atomic mass is 10.1. The molecule has 3 rings (SSSR count). The SMILES string of the molecule is C=C(CN(C)C)C(=O)Nc1cccc(-c2ncnc3[nH]cc(C(=O)OCC)c23)c1. The summed E-state index contributed by atoms with van der Waals surface area (Å²) in [4.78, 5) is 38.1. The Balaban J connectivity index is 1.96. The minimum Gasteiger partial charge on any atom is -0.462 e. The van der Waals surface area contributed by atoms with E-state index in [2.05, 4.69) is 26.8 Å². The summed E-state index contributed by atoms with van der Waals surface area (Å²) in [5.41, 5.74) is 3.27. The zero-order valence-electron chi connectivity index (χ0n) is 16.7. The van der Waals surface area contributed by atoms with Crippen LogP contribution in [-0.2, 0) is 9.53 Å². The number of rotatable bonds is 7. The fourth-order valence-corrected chi connectivity index (χ4v) is 2.97. The second-order valence-electron chi connectivity index (χ2n) is 6.74. The molecule has 0 atom stereocenters. The van der Waals surface area contributed by atoms with Crippen LogP contribution >= 0.6 is 0 Å². The summed E-state index contributed by atoms with van der Waals surface area (Å²) in [6.45, 7) is 6.31. The average Bonchev–Trinajstić information content (AvgIpc) is 3.12. The summed E-state index contributed by atoms with van der Waals surface area (Å²) in [5.74, 6) is -0.697. The summed E-state index contributed by atoms with van der Waals surface area (Å²) in [6.07, 6.45) is 2.99. The molecule has 0 unspecified atom stereocenters. The van der Waals surface area contributed by atoms with E-state index in [4.69, 9.17) is 4.74 Å². The average molecular weight is 393 g/mol. The largest absolute Gasteiger partial charge is 0.462 e. The van der Waals surface area contributed by atoms with Gasteiger partial charge in [0.05, 0.1) is 23.3 Å². The van der Waals surface area contributed by atoms with Crippen molar-refractivity contribution in [3.63, 3.8) is 0 Å². The highest BCUT2D eigenvalue weighted by Gasteiger charge is 2.19. The number of hydrogen-bond donors (Lipinski definition) is 2. The molecule has 3 aromatic rings. The van der Waals surface area contributed by atoms with Crippen LogP contribution in [0.3, 0.4) is 0 Å². The number of fused-ring (bicyclic) bond motifs is 1. The predicted molar refractivity (Wildman–Crippen MR) is 112 cm³/mol. The number of esters is 1. The number of carbonyl (C=O) groups excluding carboxylic acids is 2. The van der Waals surface area contributed by atoms with Gasteiger partial charge in [-0.3, -0.25) is 4.79 Å². The second kappa shape index (κ2) is 8.66. The zero-order chi connectivity index (χ0) is 21.0. The molecule has 8 heteroatoms. The zero-order valence-corrected chi connectivity index (χ0v) is 16.7. The number of likely N-dealkylation sites (N-methyl/N-ethyl adjacent to an activating group) is 1. The van der Waals surface area contributed by atoms with Gasteiger partial charge in [-0.1, -0.05) is 18.7 Å². The standard InChI is InChI=1S/C21H23N5O3/c1-5-29-21(28)16-10-22-19-17(16)18(23-12-24-19)14-7-6-8-15(9-14)25-20(27)13(2)11-26(3)4/h6-10,12H,2,5,11H2,1,3-4H3,(H,25,27)(H,22,23,24). The monoisotopic (exact) mass is 393 g/mol. The molecule has 29 heavy (non-hydrogen) atoms. The molecule has 0 saturated carbocycles. The summed E-state index contributed by atoms with van der Waals surface area (Å²) in [7, 11) is 3.74. The number of carbonyl (C=O) groups is 2. The van der Waals surface area contributed by atoms with E-state index in [1.165, 1.54) is 6.33 Å². The Morgan fingerprint density at radius 1 is 1.28 bits per heavy atom. The van der Waals surface area contributed by atoms with Crippen LogP contribution in [0.2, 0.25) is 0 Å². The third-order valence-corrected chi connectivity index (χ3v) is 4.19. The topological polar surface area (TPSA) is 100 Å². The van der Waals surface area contributed by atoms with E-state index in [1.54, 1.807) is 25.3 Å². The van der Waals surface area contributed by atoms with E-state index in [0.717, 1.165) is 5.56 Å². The van der Waals surface area contributed by atoms with E-state index in [-0.39, 0.29) is 12.5 Å². The fraction of sp³-hybridized carbons (Fsp3) is 0.238. The van der Waals surface area contributed by atoms with Crippen LogP contribution in [0.25, 0.3) is 22.3 Å². The molecule has 0 fully saturated rings. The van der Waals surface area contributed by atoms with Crippen LogP contribution in [-0.4, -0.2) is 59.0 Å². The van der Waals surface area contributed by atoms with E-state index in [0.29, 0.717) is 40.1 Å². The smallest absolute Gasteiger partial charge is 0.340 e. The predicted octanol–water partition coefficient (Wildman–Crippen LogP) is 2.86. The minimum atomic E-state index is -0.445. The van der Waals surface area contributed by atoms with E-state index in [1.807, 2.05) is 31.1 Å². The number of H-pyrrole nitrogens is 1. The fourth-order valence-electron chi connectivity index (χ4n) is 2.97. The molecule has 1 aromatic carbocycles. The normalized spacial score (nSPS) is 10.9. The van der Waals surface area contributed by atoms with Crippen molar-refractivity contribution in [3.05, 3.63) is 54.5 Å². The van der Waals surface area contributed by atoms with Gasteiger partial charge in [0.2, 0.25) is 0 Å². The molecule has 0 spiro atoms. The van der Waals surface area contributed by atoms with Crippen LogP contribution in [0.1, 0.15) is 17.3 Å². The molecule has 0 aliphatic rings. The summed E-state index contributed by atoms with van der Waals surface area (Å²) in [6, 6.07) is 7.24. The molecule has 2 aromatic heterocycles. The maximum atomic E-state index is 12.4. The van der Waals surface area contributed by atoms with Gasteiger partial charge in [0.1, 0.15) is 12.0 Å². The number of amides is 1. The minimum absolute atomic E-state index is 0.252. The Labute approximate surface area is 168 Å². The third kappa shape index (κ3) is 4.49. The number of aromatic amines is 1. The summed E-state index contributed by atoms with van der Waals surface area (Å²) < 4.78 is 5.13. The second-order valence-corrected chi connectivity index (χ2v) is 6.74. The summed E-state index contributed by atoms with van der Waals surface area (Å²) >= 11 is 0.